The Morgan fingerprint density at radius 3 is 2.45 bits per heavy atom. The largest absolute Gasteiger partial charge is 0.454 e. The fourth-order valence-corrected chi connectivity index (χ4v) is 2.73. The number of amides is 3. The second-order valence-electron chi connectivity index (χ2n) is 6.44. The van der Waals surface area contributed by atoms with E-state index < -0.39 is 24.5 Å². The van der Waals surface area contributed by atoms with Crippen LogP contribution in [0.4, 0.5) is 0 Å². The molecular weight excluding hydrogens is 374 g/mol. The number of ether oxygens (including phenoxy) is 1. The summed E-state index contributed by atoms with van der Waals surface area (Å²) in [6.07, 6.45) is 0.124. The van der Waals surface area contributed by atoms with E-state index in [1.807, 2.05) is 42.5 Å². The molecule has 0 bridgehead atoms. The van der Waals surface area contributed by atoms with E-state index in [9.17, 15) is 19.2 Å². The lowest BCUT2D eigenvalue weighted by atomic mass is 10.0. The van der Waals surface area contributed by atoms with Crippen LogP contribution in [0.15, 0.2) is 42.5 Å². The Bertz CT molecular complexity index is 892. The summed E-state index contributed by atoms with van der Waals surface area (Å²) >= 11 is 0. The van der Waals surface area contributed by atoms with Crippen molar-refractivity contribution in [3.8, 4) is 0 Å². The second-order valence-corrected chi connectivity index (χ2v) is 6.44. The predicted octanol–water partition coefficient (Wildman–Crippen LogP) is 0.683. The zero-order valence-corrected chi connectivity index (χ0v) is 16.5. The molecule has 8 heteroatoms. The van der Waals surface area contributed by atoms with Crippen LogP contribution in [-0.2, 0) is 30.3 Å². The van der Waals surface area contributed by atoms with Crippen molar-refractivity contribution in [1.82, 2.24) is 16.0 Å². The Hall–Kier alpha value is -3.42. The standard InChI is InChI=1S/C21H25N3O5/c1-3-22-21(28)14(2)24-19(26)13-29-20(27)12-23-18(25)11-16-9-6-8-15-7-4-5-10-17(15)16/h4-10,14H,3,11-13H2,1-2H3,(H,22,28)(H,23,25)(H,24,26)/t14-/m1/s1. The minimum Gasteiger partial charge on any atom is -0.454 e. The topological polar surface area (TPSA) is 114 Å². The first-order valence-electron chi connectivity index (χ1n) is 9.36. The minimum absolute atomic E-state index is 0.124. The maximum atomic E-state index is 12.1. The van der Waals surface area contributed by atoms with Gasteiger partial charge in [-0.15, -0.1) is 0 Å². The Morgan fingerprint density at radius 2 is 1.69 bits per heavy atom. The van der Waals surface area contributed by atoms with Gasteiger partial charge in [-0.1, -0.05) is 42.5 Å². The van der Waals surface area contributed by atoms with Crippen molar-refractivity contribution >= 4 is 34.5 Å². The fraction of sp³-hybridized carbons (Fsp3) is 0.333. The van der Waals surface area contributed by atoms with E-state index in [2.05, 4.69) is 16.0 Å². The summed E-state index contributed by atoms with van der Waals surface area (Å²) < 4.78 is 4.82. The van der Waals surface area contributed by atoms with E-state index in [0.29, 0.717) is 6.54 Å². The average Bonchev–Trinajstić information content (AvgIpc) is 2.71. The summed E-state index contributed by atoms with van der Waals surface area (Å²) in [5.41, 5.74) is 0.854. The van der Waals surface area contributed by atoms with Gasteiger partial charge in [-0.25, -0.2) is 0 Å². The van der Waals surface area contributed by atoms with E-state index in [0.717, 1.165) is 16.3 Å². The summed E-state index contributed by atoms with van der Waals surface area (Å²) in [6, 6.07) is 12.7. The van der Waals surface area contributed by atoms with Gasteiger partial charge >= 0.3 is 5.97 Å². The third-order valence-corrected chi connectivity index (χ3v) is 4.15. The van der Waals surface area contributed by atoms with Crippen molar-refractivity contribution in [1.29, 1.82) is 0 Å². The van der Waals surface area contributed by atoms with Crippen LogP contribution in [0.1, 0.15) is 19.4 Å². The van der Waals surface area contributed by atoms with Gasteiger partial charge in [0, 0.05) is 6.54 Å². The molecule has 0 spiro atoms. The molecule has 0 aliphatic rings. The number of hydrogen-bond acceptors (Lipinski definition) is 5. The van der Waals surface area contributed by atoms with Crippen molar-refractivity contribution in [3.05, 3.63) is 48.0 Å². The van der Waals surface area contributed by atoms with Crippen molar-refractivity contribution in [2.75, 3.05) is 19.7 Å². The molecule has 2 rings (SSSR count). The molecule has 0 saturated heterocycles. The molecule has 0 aromatic heterocycles. The summed E-state index contributed by atoms with van der Waals surface area (Å²) in [5, 5.41) is 9.48. The highest BCUT2D eigenvalue weighted by Gasteiger charge is 2.16. The highest BCUT2D eigenvalue weighted by molar-refractivity contribution is 5.91. The van der Waals surface area contributed by atoms with E-state index in [-0.39, 0.29) is 24.8 Å². The molecule has 0 aliphatic heterocycles. The van der Waals surface area contributed by atoms with Crippen molar-refractivity contribution in [2.45, 2.75) is 26.3 Å². The Balaban J connectivity index is 1.74. The van der Waals surface area contributed by atoms with Gasteiger partial charge in [0.15, 0.2) is 6.61 Å². The van der Waals surface area contributed by atoms with Crippen LogP contribution in [0.3, 0.4) is 0 Å². The molecule has 0 heterocycles. The fourth-order valence-electron chi connectivity index (χ4n) is 2.73. The quantitative estimate of drug-likeness (QED) is 0.537. The van der Waals surface area contributed by atoms with E-state index in [1.54, 1.807) is 6.92 Å². The smallest absolute Gasteiger partial charge is 0.325 e. The van der Waals surface area contributed by atoms with E-state index in [4.69, 9.17) is 4.74 Å². The Kier molecular flexibility index (Phi) is 8.14. The summed E-state index contributed by atoms with van der Waals surface area (Å²) in [4.78, 5) is 47.1. The minimum atomic E-state index is -0.739. The monoisotopic (exact) mass is 399 g/mol. The molecule has 0 aliphatic carbocycles. The van der Waals surface area contributed by atoms with Gasteiger partial charge in [0.1, 0.15) is 12.6 Å². The van der Waals surface area contributed by atoms with Crippen molar-refractivity contribution in [3.63, 3.8) is 0 Å². The molecular formula is C21H25N3O5. The number of hydrogen-bond donors (Lipinski definition) is 3. The SMILES string of the molecule is CCNC(=O)[C@@H](C)NC(=O)COC(=O)CNC(=O)Cc1cccc2ccccc12. The molecule has 0 radical (unpaired) electrons. The molecule has 0 saturated carbocycles. The van der Waals surface area contributed by atoms with Crippen molar-refractivity contribution in [2.24, 2.45) is 0 Å². The lowest BCUT2D eigenvalue weighted by Gasteiger charge is -2.13. The van der Waals surface area contributed by atoms with Gasteiger partial charge in [-0.2, -0.15) is 0 Å². The molecule has 8 nitrogen and oxygen atoms in total. The molecule has 29 heavy (non-hydrogen) atoms. The van der Waals surface area contributed by atoms with Gasteiger partial charge < -0.3 is 20.7 Å². The number of carbonyl (C=O) groups is 4. The first-order chi connectivity index (χ1) is 13.9. The number of benzene rings is 2. The second kappa shape index (κ2) is 10.8. The summed E-state index contributed by atoms with van der Waals surface area (Å²) in [7, 11) is 0. The lowest BCUT2D eigenvalue weighted by Crippen LogP contribution is -2.46. The van der Waals surface area contributed by atoms with Gasteiger partial charge in [0.25, 0.3) is 5.91 Å². The van der Waals surface area contributed by atoms with Crippen LogP contribution in [0.2, 0.25) is 0 Å². The van der Waals surface area contributed by atoms with E-state index >= 15 is 0 Å². The maximum Gasteiger partial charge on any atom is 0.325 e. The van der Waals surface area contributed by atoms with Crippen LogP contribution < -0.4 is 16.0 Å². The third kappa shape index (κ3) is 6.91. The number of nitrogens with one attached hydrogen (secondary N) is 3. The molecule has 2 aromatic carbocycles. The molecule has 3 N–H and O–H groups in total. The van der Waals surface area contributed by atoms with E-state index in [1.165, 1.54) is 6.92 Å². The van der Waals surface area contributed by atoms with Gasteiger partial charge in [-0.3, -0.25) is 19.2 Å². The molecule has 3 amide bonds. The first kappa shape index (κ1) is 21.9. The molecule has 2 aromatic rings. The third-order valence-electron chi connectivity index (χ3n) is 4.15. The zero-order chi connectivity index (χ0) is 21.2. The van der Waals surface area contributed by atoms with Crippen LogP contribution >= 0.6 is 0 Å². The van der Waals surface area contributed by atoms with Gasteiger partial charge in [0.2, 0.25) is 11.8 Å². The van der Waals surface area contributed by atoms with Crippen LogP contribution in [0.25, 0.3) is 10.8 Å². The number of carbonyl (C=O) groups excluding carboxylic acids is 4. The predicted molar refractivity (Wildman–Crippen MR) is 108 cm³/mol. The van der Waals surface area contributed by atoms with Crippen LogP contribution in [-0.4, -0.2) is 49.4 Å². The Labute approximate surface area is 169 Å². The van der Waals surface area contributed by atoms with Crippen LogP contribution in [0, 0.1) is 0 Å². The summed E-state index contributed by atoms with van der Waals surface area (Å²) in [5.74, 6) is -1.99. The van der Waals surface area contributed by atoms with Crippen LogP contribution in [0.5, 0.6) is 0 Å². The number of fused-ring (bicyclic) bond motifs is 1. The lowest BCUT2D eigenvalue weighted by molar-refractivity contribution is -0.148. The first-order valence-corrected chi connectivity index (χ1v) is 9.36. The number of likely N-dealkylation sites (N-methyl/N-ethyl adjacent to an activating group) is 1. The number of rotatable bonds is 9. The molecule has 1 atom stereocenters. The normalized spacial score (nSPS) is 11.4. The highest BCUT2D eigenvalue weighted by atomic mass is 16.5. The van der Waals surface area contributed by atoms with Crippen molar-refractivity contribution < 1.29 is 23.9 Å². The van der Waals surface area contributed by atoms with Gasteiger partial charge in [-0.05, 0) is 30.2 Å². The number of esters is 1. The molecule has 154 valence electrons. The molecule has 0 unspecified atom stereocenters. The highest BCUT2D eigenvalue weighted by Crippen LogP contribution is 2.18. The summed E-state index contributed by atoms with van der Waals surface area (Å²) in [6.45, 7) is 2.87. The molecule has 0 fully saturated rings. The maximum absolute atomic E-state index is 12.1. The van der Waals surface area contributed by atoms with Gasteiger partial charge in [0.05, 0.1) is 6.42 Å². The zero-order valence-electron chi connectivity index (χ0n) is 16.5. The average molecular weight is 399 g/mol. The Morgan fingerprint density at radius 1 is 0.966 bits per heavy atom.